The van der Waals surface area contributed by atoms with Crippen LogP contribution < -0.4 is 4.74 Å². The fourth-order valence-electron chi connectivity index (χ4n) is 3.55. The lowest BCUT2D eigenvalue weighted by molar-refractivity contribution is -0.139. The summed E-state index contributed by atoms with van der Waals surface area (Å²) >= 11 is 0.811. The number of carbonyl (C=O) groups is 4. The van der Waals surface area contributed by atoms with E-state index in [1.807, 2.05) is 0 Å². The van der Waals surface area contributed by atoms with Crippen molar-refractivity contribution < 1.29 is 33.4 Å². The van der Waals surface area contributed by atoms with Gasteiger partial charge in [-0.3, -0.25) is 24.1 Å². The fourth-order valence-corrected chi connectivity index (χ4v) is 4.38. The van der Waals surface area contributed by atoms with E-state index in [-0.39, 0.29) is 29.9 Å². The van der Waals surface area contributed by atoms with Gasteiger partial charge in [-0.25, -0.2) is 0 Å². The summed E-state index contributed by atoms with van der Waals surface area (Å²) in [5.41, 5.74) is 0.701. The summed E-state index contributed by atoms with van der Waals surface area (Å²) in [5, 5.41) is -0.463. The second-order valence-electron chi connectivity index (χ2n) is 7.61. The number of amides is 4. The molecule has 0 atom stereocenters. The highest BCUT2D eigenvalue weighted by atomic mass is 32.2. The molecule has 0 aliphatic carbocycles. The summed E-state index contributed by atoms with van der Waals surface area (Å²) in [6, 6.07) is 6.87. The number of imide groups is 1. The van der Waals surface area contributed by atoms with Crippen LogP contribution in [0.2, 0.25) is 0 Å². The second-order valence-corrected chi connectivity index (χ2v) is 8.61. The van der Waals surface area contributed by atoms with Gasteiger partial charge >= 0.3 is 0 Å². The number of nitrogens with zero attached hydrogens (tertiary/aromatic N) is 3. The van der Waals surface area contributed by atoms with E-state index in [0.29, 0.717) is 63.9 Å². The van der Waals surface area contributed by atoms with Crippen LogP contribution in [0.5, 0.6) is 5.75 Å². The minimum Gasteiger partial charge on any atom is -0.484 e. The Morgan fingerprint density at radius 3 is 2.09 bits per heavy atom. The first-order valence-corrected chi connectivity index (χ1v) is 11.5. The Morgan fingerprint density at radius 2 is 1.48 bits per heavy atom. The van der Waals surface area contributed by atoms with Gasteiger partial charge in [0.15, 0.2) is 6.61 Å². The van der Waals surface area contributed by atoms with Gasteiger partial charge in [0, 0.05) is 26.2 Å². The number of thioether (sulfide) groups is 1. The topological polar surface area (TPSA) is 106 Å². The van der Waals surface area contributed by atoms with E-state index >= 15 is 0 Å². The van der Waals surface area contributed by atoms with Gasteiger partial charge < -0.3 is 24.0 Å². The predicted molar refractivity (Wildman–Crippen MR) is 119 cm³/mol. The molecule has 0 N–H and O–H groups in total. The number of hydrogen-bond acceptors (Lipinski definition) is 8. The molecule has 10 nitrogen and oxygen atoms in total. The van der Waals surface area contributed by atoms with Crippen molar-refractivity contribution in [3.05, 3.63) is 34.7 Å². The van der Waals surface area contributed by atoms with Crippen molar-refractivity contribution in [3.63, 3.8) is 0 Å². The van der Waals surface area contributed by atoms with Crippen LogP contribution in [0.25, 0.3) is 6.08 Å². The molecule has 4 amide bonds. The monoisotopic (exact) mass is 475 g/mol. The van der Waals surface area contributed by atoms with Crippen molar-refractivity contribution in [2.24, 2.45) is 0 Å². The number of morpholine rings is 2. The molecule has 3 fully saturated rings. The largest absolute Gasteiger partial charge is 0.484 e. The van der Waals surface area contributed by atoms with Gasteiger partial charge in [-0.15, -0.1) is 0 Å². The maximum absolute atomic E-state index is 12.7. The third-order valence-electron chi connectivity index (χ3n) is 5.43. The molecule has 4 rings (SSSR count). The molecule has 0 saturated carbocycles. The standard InChI is InChI=1S/C22H25N3O7S/c26-19(23-5-9-30-10-6-23)14-25-21(28)18(33-22(25)29)13-16-1-3-17(4-2-16)32-15-20(27)24-7-11-31-12-8-24/h1-4,13H,5-12,14-15H2/b18-13-. The summed E-state index contributed by atoms with van der Waals surface area (Å²) in [6.07, 6.45) is 1.60. The van der Waals surface area contributed by atoms with Crippen molar-refractivity contribution in [2.45, 2.75) is 0 Å². The SMILES string of the molecule is O=C(COc1ccc(/C=C2\SC(=O)N(CC(=O)N3CCOCC3)C2=O)cc1)N1CCOCC1. The van der Waals surface area contributed by atoms with Crippen LogP contribution in [0.1, 0.15) is 5.56 Å². The number of benzene rings is 1. The average molecular weight is 476 g/mol. The Balaban J connectivity index is 1.31. The zero-order valence-electron chi connectivity index (χ0n) is 18.1. The first-order chi connectivity index (χ1) is 16.0. The first kappa shape index (κ1) is 23.3. The lowest BCUT2D eigenvalue weighted by Crippen LogP contribution is -2.46. The number of hydrogen-bond donors (Lipinski definition) is 0. The highest BCUT2D eigenvalue weighted by molar-refractivity contribution is 8.18. The first-order valence-electron chi connectivity index (χ1n) is 10.7. The van der Waals surface area contributed by atoms with E-state index < -0.39 is 11.1 Å². The molecule has 3 heterocycles. The van der Waals surface area contributed by atoms with Crippen LogP contribution in [0.3, 0.4) is 0 Å². The van der Waals surface area contributed by atoms with E-state index in [9.17, 15) is 19.2 Å². The molecule has 3 aliphatic rings. The lowest BCUT2D eigenvalue weighted by Gasteiger charge is -2.28. The van der Waals surface area contributed by atoms with Crippen molar-refractivity contribution in [1.82, 2.24) is 14.7 Å². The Bertz CT molecular complexity index is 938. The van der Waals surface area contributed by atoms with Gasteiger partial charge in [0.25, 0.3) is 17.1 Å². The molecule has 0 aromatic heterocycles. The average Bonchev–Trinajstić information content (AvgIpc) is 3.11. The Morgan fingerprint density at radius 1 is 0.909 bits per heavy atom. The van der Waals surface area contributed by atoms with E-state index in [4.69, 9.17) is 14.2 Å². The van der Waals surface area contributed by atoms with Gasteiger partial charge in [-0.1, -0.05) is 12.1 Å². The molecule has 33 heavy (non-hydrogen) atoms. The third-order valence-corrected chi connectivity index (χ3v) is 6.34. The molecule has 3 aliphatic heterocycles. The van der Waals surface area contributed by atoms with E-state index in [1.54, 1.807) is 40.1 Å². The maximum Gasteiger partial charge on any atom is 0.294 e. The molecule has 1 aromatic rings. The van der Waals surface area contributed by atoms with E-state index in [1.165, 1.54) is 0 Å². The van der Waals surface area contributed by atoms with E-state index in [2.05, 4.69) is 0 Å². The molecule has 1 aromatic carbocycles. The van der Waals surface area contributed by atoms with Crippen molar-refractivity contribution in [3.8, 4) is 5.75 Å². The molecule has 0 unspecified atom stereocenters. The van der Waals surface area contributed by atoms with Gasteiger partial charge in [-0.2, -0.15) is 0 Å². The molecular weight excluding hydrogens is 450 g/mol. The van der Waals surface area contributed by atoms with Crippen LogP contribution in [-0.2, 0) is 23.9 Å². The zero-order chi connectivity index (χ0) is 23.2. The normalized spacial score (nSPS) is 20.5. The summed E-state index contributed by atoms with van der Waals surface area (Å²) in [6.45, 7) is 3.68. The van der Waals surface area contributed by atoms with Gasteiger partial charge in [0.1, 0.15) is 12.3 Å². The second kappa shape index (κ2) is 10.8. The van der Waals surface area contributed by atoms with Crippen molar-refractivity contribution >= 4 is 40.8 Å². The molecular formula is C22H25N3O7S. The molecule has 0 spiro atoms. The quantitative estimate of drug-likeness (QED) is 0.557. The van der Waals surface area contributed by atoms with E-state index in [0.717, 1.165) is 16.7 Å². The van der Waals surface area contributed by atoms with Gasteiger partial charge in [0.2, 0.25) is 5.91 Å². The van der Waals surface area contributed by atoms with Crippen molar-refractivity contribution in [1.29, 1.82) is 0 Å². The van der Waals surface area contributed by atoms with Crippen LogP contribution >= 0.6 is 11.8 Å². The third kappa shape index (κ3) is 5.92. The summed E-state index contributed by atoms with van der Waals surface area (Å²) in [4.78, 5) is 54.1. The van der Waals surface area contributed by atoms with Crippen LogP contribution in [0.15, 0.2) is 29.2 Å². The maximum atomic E-state index is 12.7. The minimum absolute atomic E-state index is 0.0601. The minimum atomic E-state index is -0.483. The molecule has 0 radical (unpaired) electrons. The van der Waals surface area contributed by atoms with Crippen molar-refractivity contribution in [2.75, 3.05) is 65.8 Å². The highest BCUT2D eigenvalue weighted by Crippen LogP contribution is 2.32. The van der Waals surface area contributed by atoms with Crippen LogP contribution in [0.4, 0.5) is 4.79 Å². The molecule has 0 bridgehead atoms. The van der Waals surface area contributed by atoms with Gasteiger partial charge in [-0.05, 0) is 35.5 Å². The highest BCUT2D eigenvalue weighted by Gasteiger charge is 2.37. The summed E-state index contributed by atoms with van der Waals surface area (Å²) in [7, 11) is 0. The number of ether oxygens (including phenoxy) is 3. The fraction of sp³-hybridized carbons (Fsp3) is 0.455. The molecule has 11 heteroatoms. The Labute approximate surface area is 195 Å². The Hall–Kier alpha value is -2.89. The lowest BCUT2D eigenvalue weighted by atomic mass is 10.2. The van der Waals surface area contributed by atoms with Gasteiger partial charge in [0.05, 0.1) is 31.3 Å². The zero-order valence-corrected chi connectivity index (χ0v) is 18.9. The summed E-state index contributed by atoms with van der Waals surface area (Å²) in [5.74, 6) is -0.321. The smallest absolute Gasteiger partial charge is 0.294 e. The van der Waals surface area contributed by atoms with Crippen LogP contribution in [-0.4, -0.2) is 103 Å². The Kier molecular flexibility index (Phi) is 7.63. The predicted octanol–water partition coefficient (Wildman–Crippen LogP) is 0.819. The number of rotatable bonds is 6. The molecule has 3 saturated heterocycles. The number of carbonyl (C=O) groups excluding carboxylic acids is 4. The summed E-state index contributed by atoms with van der Waals surface area (Å²) < 4.78 is 16.0. The molecule has 176 valence electrons. The van der Waals surface area contributed by atoms with Crippen LogP contribution in [0, 0.1) is 0 Å².